The summed E-state index contributed by atoms with van der Waals surface area (Å²) < 4.78 is 0. The van der Waals surface area contributed by atoms with Gasteiger partial charge in [0, 0.05) is 19.4 Å². The van der Waals surface area contributed by atoms with Crippen molar-refractivity contribution in [1.82, 2.24) is 10.6 Å². The number of unbranched alkanes of at least 4 members (excludes halogenated alkanes) is 1. The van der Waals surface area contributed by atoms with Crippen LogP contribution in [0, 0.1) is 0 Å². The van der Waals surface area contributed by atoms with Crippen LogP contribution in [-0.4, -0.2) is 36.0 Å². The summed E-state index contributed by atoms with van der Waals surface area (Å²) in [6.45, 7) is 4.50. The number of carboxylic acids is 1. The molecule has 2 amide bonds. The minimum absolute atomic E-state index is 0.156. The number of benzene rings is 1. The highest BCUT2D eigenvalue weighted by Gasteiger charge is 2.03. The highest BCUT2D eigenvalue weighted by Crippen LogP contribution is 2.01. The zero-order valence-corrected chi connectivity index (χ0v) is 14.5. The van der Waals surface area contributed by atoms with Gasteiger partial charge in [-0.15, -0.1) is 0 Å². The lowest BCUT2D eigenvalue weighted by Gasteiger charge is -2.02. The van der Waals surface area contributed by atoms with Gasteiger partial charge in [0.05, 0.1) is 0 Å². The summed E-state index contributed by atoms with van der Waals surface area (Å²) in [5.41, 5.74) is 1.07. The molecule has 0 aromatic heterocycles. The average molecular weight is 336 g/mol. The molecule has 0 spiro atoms. The van der Waals surface area contributed by atoms with E-state index in [0.29, 0.717) is 19.3 Å². The van der Waals surface area contributed by atoms with Crippen molar-refractivity contribution >= 4 is 17.8 Å². The van der Waals surface area contributed by atoms with E-state index in [1.54, 1.807) is 0 Å². The van der Waals surface area contributed by atoms with Gasteiger partial charge in [-0.25, -0.2) is 0 Å². The fourth-order valence-electron chi connectivity index (χ4n) is 1.69. The van der Waals surface area contributed by atoms with E-state index in [4.69, 9.17) is 5.11 Å². The minimum atomic E-state index is -1.02. The first-order valence-electron chi connectivity index (χ1n) is 8.28. The maximum atomic E-state index is 11.1. The minimum Gasteiger partial charge on any atom is -0.480 e. The summed E-state index contributed by atoms with van der Waals surface area (Å²) in [6.07, 6.45) is 3.78. The van der Waals surface area contributed by atoms with Crippen LogP contribution >= 0.6 is 0 Å². The molecule has 3 N–H and O–H groups in total. The zero-order chi connectivity index (χ0) is 18.2. The lowest BCUT2D eigenvalue weighted by atomic mass is 10.1. The topological polar surface area (TPSA) is 95.5 Å². The van der Waals surface area contributed by atoms with Gasteiger partial charge in [0.2, 0.25) is 11.8 Å². The molecular formula is C18H28N2O4. The second-order valence-electron chi connectivity index (χ2n) is 5.21. The van der Waals surface area contributed by atoms with E-state index in [-0.39, 0.29) is 18.4 Å². The SMILES string of the molecule is CCCCNC(=O)CC.O=C(O)CNC(=O)CCc1ccccc1. The molecule has 6 heteroatoms. The van der Waals surface area contributed by atoms with Gasteiger partial charge in [0.1, 0.15) is 6.54 Å². The Labute approximate surface area is 143 Å². The number of aliphatic carboxylic acids is 1. The van der Waals surface area contributed by atoms with Crippen LogP contribution in [0.2, 0.25) is 0 Å². The number of aryl methyl sites for hydroxylation is 1. The Balaban J connectivity index is 0.000000506. The highest BCUT2D eigenvalue weighted by atomic mass is 16.4. The van der Waals surface area contributed by atoms with Crippen LogP contribution in [0.1, 0.15) is 45.1 Å². The maximum Gasteiger partial charge on any atom is 0.322 e. The Morgan fingerprint density at radius 3 is 2.21 bits per heavy atom. The standard InChI is InChI=1S/C11H13NO3.C7H15NO/c13-10(12-8-11(14)15)7-6-9-4-2-1-3-5-9;1-3-5-6-8-7(9)4-2/h1-5H,6-8H2,(H,12,13)(H,14,15);3-6H2,1-2H3,(H,8,9). The molecule has 0 radical (unpaired) electrons. The fourth-order valence-corrected chi connectivity index (χ4v) is 1.69. The van der Waals surface area contributed by atoms with Crippen LogP contribution in [0.3, 0.4) is 0 Å². The Morgan fingerprint density at radius 2 is 1.67 bits per heavy atom. The van der Waals surface area contributed by atoms with Crippen LogP contribution in [0.4, 0.5) is 0 Å². The number of carboxylic acid groups (broad SMARTS) is 1. The number of hydrogen-bond acceptors (Lipinski definition) is 3. The summed E-state index contributed by atoms with van der Waals surface area (Å²) in [5, 5.41) is 13.4. The molecule has 134 valence electrons. The van der Waals surface area contributed by atoms with Crippen molar-refractivity contribution in [3.63, 3.8) is 0 Å². The Bertz CT molecular complexity index is 489. The van der Waals surface area contributed by atoms with Crippen LogP contribution in [0.5, 0.6) is 0 Å². The monoisotopic (exact) mass is 336 g/mol. The molecule has 0 atom stereocenters. The molecule has 1 aromatic carbocycles. The van der Waals surface area contributed by atoms with Crippen molar-refractivity contribution in [2.45, 2.75) is 46.0 Å². The molecule has 0 aliphatic carbocycles. The molecule has 0 saturated carbocycles. The molecule has 6 nitrogen and oxygen atoms in total. The van der Waals surface area contributed by atoms with E-state index in [9.17, 15) is 14.4 Å². The maximum absolute atomic E-state index is 11.1. The fraction of sp³-hybridized carbons (Fsp3) is 0.500. The Hall–Kier alpha value is -2.37. The third kappa shape index (κ3) is 13.3. The molecule has 1 aromatic rings. The first kappa shape index (κ1) is 21.6. The largest absolute Gasteiger partial charge is 0.480 e. The van der Waals surface area contributed by atoms with Crippen molar-refractivity contribution in [3.05, 3.63) is 35.9 Å². The predicted molar refractivity (Wildman–Crippen MR) is 93.6 cm³/mol. The second-order valence-corrected chi connectivity index (χ2v) is 5.21. The van der Waals surface area contributed by atoms with Crippen LogP contribution in [0.25, 0.3) is 0 Å². The second kappa shape index (κ2) is 14.2. The smallest absolute Gasteiger partial charge is 0.322 e. The summed E-state index contributed by atoms with van der Waals surface area (Å²) in [4.78, 5) is 31.9. The lowest BCUT2D eigenvalue weighted by Crippen LogP contribution is -2.29. The lowest BCUT2D eigenvalue weighted by molar-refractivity contribution is -0.137. The predicted octanol–water partition coefficient (Wildman–Crippen LogP) is 2.13. The molecule has 0 aliphatic heterocycles. The summed E-state index contributed by atoms with van der Waals surface area (Å²) in [6, 6.07) is 9.60. The normalized spacial score (nSPS) is 9.42. The van der Waals surface area contributed by atoms with Crippen LogP contribution < -0.4 is 10.6 Å². The number of carbonyl (C=O) groups is 3. The number of hydrogen-bond donors (Lipinski definition) is 3. The molecule has 0 unspecified atom stereocenters. The average Bonchev–Trinajstić information content (AvgIpc) is 2.59. The summed E-state index contributed by atoms with van der Waals surface area (Å²) in [7, 11) is 0. The molecule has 0 bridgehead atoms. The van der Waals surface area contributed by atoms with Crippen molar-refractivity contribution in [1.29, 1.82) is 0 Å². The zero-order valence-electron chi connectivity index (χ0n) is 14.5. The van der Waals surface area contributed by atoms with Gasteiger partial charge in [0.25, 0.3) is 0 Å². The third-order valence-corrected chi connectivity index (χ3v) is 3.09. The summed E-state index contributed by atoms with van der Waals surface area (Å²) in [5.74, 6) is -1.10. The van der Waals surface area contributed by atoms with Crippen LogP contribution in [-0.2, 0) is 20.8 Å². The van der Waals surface area contributed by atoms with E-state index < -0.39 is 5.97 Å². The summed E-state index contributed by atoms with van der Waals surface area (Å²) >= 11 is 0. The van der Waals surface area contributed by atoms with E-state index in [1.165, 1.54) is 0 Å². The van der Waals surface area contributed by atoms with Gasteiger partial charge in [0.15, 0.2) is 0 Å². The van der Waals surface area contributed by atoms with E-state index in [1.807, 2.05) is 37.3 Å². The van der Waals surface area contributed by atoms with Gasteiger partial charge < -0.3 is 15.7 Å². The van der Waals surface area contributed by atoms with Gasteiger partial charge >= 0.3 is 5.97 Å². The number of carbonyl (C=O) groups excluding carboxylic acids is 2. The number of amides is 2. The molecule has 0 aliphatic rings. The highest BCUT2D eigenvalue weighted by molar-refractivity contribution is 5.81. The van der Waals surface area contributed by atoms with Crippen molar-refractivity contribution in [2.24, 2.45) is 0 Å². The van der Waals surface area contributed by atoms with Crippen molar-refractivity contribution in [3.8, 4) is 0 Å². The van der Waals surface area contributed by atoms with E-state index in [0.717, 1.165) is 24.9 Å². The molecular weight excluding hydrogens is 308 g/mol. The molecule has 0 heterocycles. The van der Waals surface area contributed by atoms with Gasteiger partial charge in [-0.05, 0) is 18.4 Å². The molecule has 0 saturated heterocycles. The van der Waals surface area contributed by atoms with E-state index in [2.05, 4.69) is 17.6 Å². The van der Waals surface area contributed by atoms with Crippen molar-refractivity contribution in [2.75, 3.05) is 13.1 Å². The van der Waals surface area contributed by atoms with Crippen LogP contribution in [0.15, 0.2) is 30.3 Å². The molecule has 24 heavy (non-hydrogen) atoms. The number of rotatable bonds is 9. The first-order valence-corrected chi connectivity index (χ1v) is 8.28. The number of nitrogens with one attached hydrogen (secondary N) is 2. The molecule has 0 fully saturated rings. The molecule has 1 rings (SSSR count). The Kier molecular flexibility index (Phi) is 12.8. The Morgan fingerprint density at radius 1 is 1.00 bits per heavy atom. The van der Waals surface area contributed by atoms with E-state index >= 15 is 0 Å². The van der Waals surface area contributed by atoms with Gasteiger partial charge in [-0.2, -0.15) is 0 Å². The third-order valence-electron chi connectivity index (χ3n) is 3.09. The quantitative estimate of drug-likeness (QED) is 0.602. The van der Waals surface area contributed by atoms with Gasteiger partial charge in [-0.3, -0.25) is 14.4 Å². The van der Waals surface area contributed by atoms with Crippen molar-refractivity contribution < 1.29 is 19.5 Å². The van der Waals surface area contributed by atoms with Gasteiger partial charge in [-0.1, -0.05) is 50.6 Å². The first-order chi connectivity index (χ1) is 11.5.